The molecule has 0 atom stereocenters. The maximum atomic E-state index is 11.2. The van der Waals surface area contributed by atoms with Crippen molar-refractivity contribution in [1.29, 1.82) is 5.26 Å². The second kappa shape index (κ2) is 5.72. The first-order valence-corrected chi connectivity index (χ1v) is 6.64. The number of carbonyl (C=O) groups excluding carboxylic acids is 1. The van der Waals surface area contributed by atoms with Crippen molar-refractivity contribution in [2.45, 2.75) is 11.9 Å². The Morgan fingerprint density at radius 1 is 1.53 bits per heavy atom. The van der Waals surface area contributed by atoms with Crippen LogP contribution in [0.5, 0.6) is 0 Å². The maximum Gasteiger partial charge on any atom is 0.316 e. The van der Waals surface area contributed by atoms with E-state index in [2.05, 4.69) is 15.8 Å². The summed E-state index contributed by atoms with van der Waals surface area (Å²) in [6.07, 6.45) is 0. The standard InChI is InChI=1S/C14H12N2O2S/c1-9-4-3-5-10-6-11(7-15)14(16-13(9)10)19-8-12(17)18-2/h3-6H,8H2,1-2H3. The Hall–Kier alpha value is -2.06. The van der Waals surface area contributed by atoms with Crippen molar-refractivity contribution in [1.82, 2.24) is 4.98 Å². The van der Waals surface area contributed by atoms with Crippen molar-refractivity contribution in [2.75, 3.05) is 12.9 Å². The third-order valence-corrected chi connectivity index (χ3v) is 3.65. The van der Waals surface area contributed by atoms with Crippen LogP contribution in [0, 0.1) is 18.3 Å². The van der Waals surface area contributed by atoms with Crippen LogP contribution in [0.25, 0.3) is 10.9 Å². The Labute approximate surface area is 115 Å². The number of methoxy groups -OCH3 is 1. The van der Waals surface area contributed by atoms with E-state index in [1.807, 2.05) is 25.1 Å². The molecular formula is C14H12N2O2S. The second-order valence-electron chi connectivity index (χ2n) is 3.96. The fourth-order valence-electron chi connectivity index (χ4n) is 1.71. The fourth-order valence-corrected chi connectivity index (χ4v) is 2.49. The van der Waals surface area contributed by atoms with E-state index in [1.54, 1.807) is 6.07 Å². The van der Waals surface area contributed by atoms with E-state index in [0.29, 0.717) is 10.6 Å². The van der Waals surface area contributed by atoms with Crippen molar-refractivity contribution < 1.29 is 9.53 Å². The zero-order valence-electron chi connectivity index (χ0n) is 10.6. The number of nitrogens with zero attached hydrogens (tertiary/aromatic N) is 2. The van der Waals surface area contributed by atoms with Gasteiger partial charge in [0.05, 0.1) is 23.9 Å². The van der Waals surface area contributed by atoms with Gasteiger partial charge in [-0.15, -0.1) is 0 Å². The predicted octanol–water partition coefficient (Wildman–Crippen LogP) is 2.68. The van der Waals surface area contributed by atoms with Gasteiger partial charge >= 0.3 is 5.97 Å². The van der Waals surface area contributed by atoms with Crippen molar-refractivity contribution in [3.05, 3.63) is 35.4 Å². The topological polar surface area (TPSA) is 63.0 Å². The average Bonchev–Trinajstić information content (AvgIpc) is 2.44. The zero-order chi connectivity index (χ0) is 13.8. The molecule has 1 aromatic heterocycles. The molecule has 0 bridgehead atoms. The number of thioether (sulfide) groups is 1. The first kappa shape index (κ1) is 13.4. The smallest absolute Gasteiger partial charge is 0.316 e. The van der Waals surface area contributed by atoms with Gasteiger partial charge in [0.1, 0.15) is 11.1 Å². The highest BCUT2D eigenvalue weighted by Crippen LogP contribution is 2.26. The van der Waals surface area contributed by atoms with Crippen molar-refractivity contribution in [3.63, 3.8) is 0 Å². The number of carbonyl (C=O) groups is 1. The van der Waals surface area contributed by atoms with Crippen LogP contribution in [0.2, 0.25) is 0 Å². The molecule has 0 unspecified atom stereocenters. The lowest BCUT2D eigenvalue weighted by molar-refractivity contribution is -0.137. The highest BCUT2D eigenvalue weighted by molar-refractivity contribution is 7.99. The van der Waals surface area contributed by atoms with Crippen LogP contribution >= 0.6 is 11.8 Å². The van der Waals surface area contributed by atoms with E-state index >= 15 is 0 Å². The van der Waals surface area contributed by atoms with Crippen LogP contribution in [0.4, 0.5) is 0 Å². The number of pyridine rings is 1. The minimum absolute atomic E-state index is 0.148. The third kappa shape index (κ3) is 2.85. The number of benzene rings is 1. The summed E-state index contributed by atoms with van der Waals surface area (Å²) in [5.74, 6) is -0.184. The van der Waals surface area contributed by atoms with Gasteiger partial charge < -0.3 is 4.74 Å². The van der Waals surface area contributed by atoms with Gasteiger partial charge in [0, 0.05) is 5.39 Å². The summed E-state index contributed by atoms with van der Waals surface area (Å²) >= 11 is 1.22. The van der Waals surface area contributed by atoms with Gasteiger partial charge in [-0.05, 0) is 18.6 Å². The quantitative estimate of drug-likeness (QED) is 0.635. The number of esters is 1. The Morgan fingerprint density at radius 3 is 3.00 bits per heavy atom. The molecule has 5 heteroatoms. The number of nitriles is 1. The van der Waals surface area contributed by atoms with Crippen molar-refractivity contribution in [2.24, 2.45) is 0 Å². The molecule has 0 saturated heterocycles. The molecule has 1 aromatic carbocycles. The van der Waals surface area contributed by atoms with Gasteiger partial charge in [-0.3, -0.25) is 4.79 Å². The summed E-state index contributed by atoms with van der Waals surface area (Å²) in [7, 11) is 1.34. The van der Waals surface area contributed by atoms with Gasteiger partial charge in [-0.1, -0.05) is 30.0 Å². The summed E-state index contributed by atoms with van der Waals surface area (Å²) in [5, 5.41) is 10.6. The molecule has 4 nitrogen and oxygen atoms in total. The Morgan fingerprint density at radius 2 is 2.32 bits per heavy atom. The fraction of sp³-hybridized carbons (Fsp3) is 0.214. The molecule has 96 valence electrons. The van der Waals surface area contributed by atoms with Crippen LogP contribution in [-0.4, -0.2) is 23.8 Å². The highest BCUT2D eigenvalue weighted by Gasteiger charge is 2.11. The number of aromatic nitrogens is 1. The van der Waals surface area contributed by atoms with Crippen LogP contribution in [0.1, 0.15) is 11.1 Å². The lowest BCUT2D eigenvalue weighted by atomic mass is 10.1. The predicted molar refractivity (Wildman–Crippen MR) is 73.9 cm³/mol. The number of fused-ring (bicyclic) bond motifs is 1. The van der Waals surface area contributed by atoms with Gasteiger partial charge in [0.25, 0.3) is 0 Å². The van der Waals surface area contributed by atoms with E-state index in [1.165, 1.54) is 18.9 Å². The number of hydrogen-bond acceptors (Lipinski definition) is 5. The van der Waals surface area contributed by atoms with Crippen LogP contribution in [0.15, 0.2) is 29.3 Å². The first-order valence-electron chi connectivity index (χ1n) is 5.66. The molecule has 0 fully saturated rings. The van der Waals surface area contributed by atoms with E-state index in [-0.39, 0.29) is 11.7 Å². The SMILES string of the molecule is COC(=O)CSc1nc2c(C)cccc2cc1C#N. The summed E-state index contributed by atoms with van der Waals surface area (Å²) in [4.78, 5) is 15.6. The molecule has 0 radical (unpaired) electrons. The molecule has 0 amide bonds. The zero-order valence-corrected chi connectivity index (χ0v) is 11.5. The lowest BCUT2D eigenvalue weighted by Crippen LogP contribution is -2.04. The molecule has 0 spiro atoms. The summed E-state index contributed by atoms with van der Waals surface area (Å²) in [6, 6.07) is 9.74. The van der Waals surface area contributed by atoms with Crippen LogP contribution in [0.3, 0.4) is 0 Å². The maximum absolute atomic E-state index is 11.2. The number of hydrogen-bond donors (Lipinski definition) is 0. The Bertz CT molecular complexity index is 677. The molecule has 0 saturated carbocycles. The Kier molecular flexibility index (Phi) is 4.03. The second-order valence-corrected chi connectivity index (χ2v) is 4.93. The van der Waals surface area contributed by atoms with Gasteiger partial charge in [0.2, 0.25) is 0 Å². The van der Waals surface area contributed by atoms with E-state index in [4.69, 9.17) is 5.26 Å². The Balaban J connectivity index is 2.44. The lowest BCUT2D eigenvalue weighted by Gasteiger charge is -2.06. The number of rotatable bonds is 3. The molecular weight excluding hydrogens is 260 g/mol. The molecule has 0 N–H and O–H groups in total. The van der Waals surface area contributed by atoms with Crippen LogP contribution in [-0.2, 0) is 9.53 Å². The third-order valence-electron chi connectivity index (χ3n) is 2.69. The van der Waals surface area contributed by atoms with Crippen LogP contribution < -0.4 is 0 Å². The highest BCUT2D eigenvalue weighted by atomic mass is 32.2. The first-order chi connectivity index (χ1) is 9.15. The summed E-state index contributed by atoms with van der Waals surface area (Å²) < 4.78 is 4.59. The van der Waals surface area contributed by atoms with E-state index < -0.39 is 0 Å². The number of ether oxygens (including phenoxy) is 1. The van der Waals surface area contributed by atoms with Gasteiger partial charge in [-0.25, -0.2) is 4.98 Å². The largest absolute Gasteiger partial charge is 0.468 e. The summed E-state index contributed by atoms with van der Waals surface area (Å²) in [6.45, 7) is 1.97. The monoisotopic (exact) mass is 272 g/mol. The molecule has 2 aromatic rings. The molecule has 2 rings (SSSR count). The van der Waals surface area contributed by atoms with Gasteiger partial charge in [-0.2, -0.15) is 5.26 Å². The van der Waals surface area contributed by atoms with E-state index in [9.17, 15) is 4.79 Å². The minimum atomic E-state index is -0.333. The minimum Gasteiger partial charge on any atom is -0.468 e. The summed E-state index contributed by atoms with van der Waals surface area (Å²) in [5.41, 5.74) is 2.38. The van der Waals surface area contributed by atoms with Crippen molar-refractivity contribution in [3.8, 4) is 6.07 Å². The number of para-hydroxylation sites is 1. The molecule has 19 heavy (non-hydrogen) atoms. The molecule has 1 heterocycles. The molecule has 0 aliphatic carbocycles. The molecule has 0 aliphatic rings. The molecule has 0 aliphatic heterocycles. The van der Waals surface area contributed by atoms with Crippen molar-refractivity contribution >= 4 is 28.6 Å². The number of aryl methyl sites for hydroxylation is 1. The van der Waals surface area contributed by atoms with E-state index in [0.717, 1.165) is 16.5 Å². The van der Waals surface area contributed by atoms with Gasteiger partial charge in [0.15, 0.2) is 0 Å². The average molecular weight is 272 g/mol. The normalized spacial score (nSPS) is 10.2.